The average Bonchev–Trinajstić information content (AvgIpc) is 2.80. The maximum absolute atomic E-state index is 14.0. The molecule has 0 saturated carbocycles. The number of benzene rings is 3. The predicted octanol–water partition coefficient (Wildman–Crippen LogP) is 5.35. The molecule has 3 aromatic rings. The molecule has 0 heterocycles. The van der Waals surface area contributed by atoms with E-state index in [1.807, 2.05) is 95.9 Å². The van der Waals surface area contributed by atoms with Gasteiger partial charge in [0.15, 0.2) is 0 Å². The van der Waals surface area contributed by atoms with E-state index in [0.29, 0.717) is 24.2 Å². The summed E-state index contributed by atoms with van der Waals surface area (Å²) in [6, 6.07) is 28.8. The molecule has 30 heavy (non-hydrogen) atoms. The van der Waals surface area contributed by atoms with Crippen LogP contribution in [0.1, 0.15) is 49.3 Å². The lowest BCUT2D eigenvalue weighted by Crippen LogP contribution is -2.46. The number of nitrogens with zero attached hydrogens (tertiary/aromatic N) is 1. The van der Waals surface area contributed by atoms with E-state index in [9.17, 15) is 9.90 Å². The predicted molar refractivity (Wildman–Crippen MR) is 122 cm³/mol. The number of aliphatic hydroxyl groups is 1. The zero-order valence-electron chi connectivity index (χ0n) is 17.9. The van der Waals surface area contributed by atoms with Gasteiger partial charge in [0.25, 0.3) is 0 Å². The van der Waals surface area contributed by atoms with Crippen molar-refractivity contribution in [2.45, 2.75) is 38.2 Å². The summed E-state index contributed by atoms with van der Waals surface area (Å²) in [6.45, 7) is 5.51. The Kier molecular flexibility index (Phi) is 7.42. The molecule has 3 heteroatoms. The zero-order valence-corrected chi connectivity index (χ0v) is 17.9. The van der Waals surface area contributed by atoms with E-state index in [-0.39, 0.29) is 5.91 Å². The highest BCUT2D eigenvalue weighted by atomic mass is 16.3. The number of amides is 1. The molecular formula is C27H31NO2. The largest absolute Gasteiger partial charge is 0.379 e. The first-order valence-corrected chi connectivity index (χ1v) is 10.8. The fourth-order valence-corrected chi connectivity index (χ4v) is 4.15. The van der Waals surface area contributed by atoms with Crippen LogP contribution in [0.2, 0.25) is 0 Å². The monoisotopic (exact) mass is 401 g/mol. The minimum atomic E-state index is -1.49. The van der Waals surface area contributed by atoms with Crippen LogP contribution in [0.25, 0.3) is 0 Å². The highest BCUT2D eigenvalue weighted by molar-refractivity contribution is 5.86. The Bertz CT molecular complexity index is 864. The molecule has 1 N–H and O–H groups in total. The summed E-state index contributed by atoms with van der Waals surface area (Å²) in [6.07, 6.45) is 1.75. The van der Waals surface area contributed by atoms with Crippen molar-refractivity contribution in [3.05, 3.63) is 108 Å². The lowest BCUT2D eigenvalue weighted by molar-refractivity contribution is -0.138. The van der Waals surface area contributed by atoms with E-state index in [1.54, 1.807) is 0 Å². The van der Waals surface area contributed by atoms with Crippen LogP contribution in [-0.4, -0.2) is 29.0 Å². The van der Waals surface area contributed by atoms with Crippen molar-refractivity contribution in [3.63, 3.8) is 0 Å². The molecule has 0 aliphatic heterocycles. The molecule has 0 radical (unpaired) electrons. The van der Waals surface area contributed by atoms with Crippen LogP contribution in [0.3, 0.4) is 0 Å². The van der Waals surface area contributed by atoms with Crippen LogP contribution >= 0.6 is 0 Å². The summed E-state index contributed by atoms with van der Waals surface area (Å²) >= 11 is 0. The van der Waals surface area contributed by atoms with Crippen LogP contribution in [0.4, 0.5) is 0 Å². The van der Waals surface area contributed by atoms with Gasteiger partial charge in [0.2, 0.25) is 5.91 Å². The second kappa shape index (κ2) is 10.2. The van der Waals surface area contributed by atoms with Gasteiger partial charge in [-0.25, -0.2) is 0 Å². The average molecular weight is 402 g/mol. The molecule has 0 bridgehead atoms. The van der Waals surface area contributed by atoms with Crippen molar-refractivity contribution >= 4 is 5.91 Å². The molecule has 156 valence electrons. The van der Waals surface area contributed by atoms with Crippen molar-refractivity contribution in [2.24, 2.45) is 0 Å². The third-order valence-corrected chi connectivity index (χ3v) is 5.52. The summed E-state index contributed by atoms with van der Waals surface area (Å²) < 4.78 is 0. The molecule has 0 saturated heterocycles. The summed E-state index contributed by atoms with van der Waals surface area (Å²) in [5, 5.41) is 12.4. The summed E-state index contributed by atoms with van der Waals surface area (Å²) in [5.74, 6) is -0.790. The van der Waals surface area contributed by atoms with Crippen molar-refractivity contribution in [2.75, 3.05) is 13.1 Å². The van der Waals surface area contributed by atoms with E-state index in [2.05, 4.69) is 13.8 Å². The van der Waals surface area contributed by atoms with Gasteiger partial charge in [0, 0.05) is 13.1 Å². The number of hydrogen-bond donors (Lipinski definition) is 1. The molecule has 3 nitrogen and oxygen atoms in total. The van der Waals surface area contributed by atoms with Crippen LogP contribution in [-0.2, 0) is 10.4 Å². The first-order valence-electron chi connectivity index (χ1n) is 10.8. The Labute approximate surface area is 180 Å². The molecule has 0 aliphatic carbocycles. The molecule has 1 atom stereocenters. The number of rotatable bonds is 9. The molecule has 0 aliphatic rings. The lowest BCUT2D eigenvalue weighted by Gasteiger charge is -2.39. The van der Waals surface area contributed by atoms with Gasteiger partial charge in [-0.2, -0.15) is 0 Å². The highest BCUT2D eigenvalue weighted by Crippen LogP contribution is 2.43. The quantitative estimate of drug-likeness (QED) is 0.525. The number of carbonyl (C=O) groups is 1. The maximum Gasteiger partial charge on any atom is 0.233 e. The van der Waals surface area contributed by atoms with Crippen LogP contribution < -0.4 is 0 Å². The van der Waals surface area contributed by atoms with Gasteiger partial charge in [-0.1, -0.05) is 105 Å². The Balaban J connectivity index is 2.24. The molecule has 0 fully saturated rings. The fraction of sp³-hybridized carbons (Fsp3) is 0.296. The molecule has 3 aromatic carbocycles. The second-order valence-electron chi connectivity index (χ2n) is 7.67. The van der Waals surface area contributed by atoms with Crippen molar-refractivity contribution in [3.8, 4) is 0 Å². The SMILES string of the molecule is CCCN(CCC)C(=O)[C@@H](c1ccccc1)C(O)(c1ccccc1)c1ccccc1. The molecule has 0 spiro atoms. The van der Waals surface area contributed by atoms with Gasteiger partial charge in [-0.3, -0.25) is 4.79 Å². The summed E-state index contributed by atoms with van der Waals surface area (Å²) in [5.41, 5.74) is 0.758. The third kappa shape index (κ3) is 4.47. The van der Waals surface area contributed by atoms with E-state index < -0.39 is 11.5 Å². The summed E-state index contributed by atoms with van der Waals surface area (Å²) in [7, 11) is 0. The van der Waals surface area contributed by atoms with Crippen LogP contribution in [0, 0.1) is 0 Å². The Hall–Kier alpha value is -2.91. The molecule has 1 amide bonds. The minimum Gasteiger partial charge on any atom is -0.379 e. The first kappa shape index (κ1) is 21.8. The molecular weight excluding hydrogens is 370 g/mol. The van der Waals surface area contributed by atoms with E-state index in [1.165, 1.54) is 0 Å². The van der Waals surface area contributed by atoms with Gasteiger partial charge in [-0.05, 0) is 29.5 Å². The third-order valence-electron chi connectivity index (χ3n) is 5.52. The smallest absolute Gasteiger partial charge is 0.233 e. The van der Waals surface area contributed by atoms with E-state index >= 15 is 0 Å². The Morgan fingerprint density at radius 3 is 1.57 bits per heavy atom. The second-order valence-corrected chi connectivity index (χ2v) is 7.67. The fourth-order valence-electron chi connectivity index (χ4n) is 4.15. The van der Waals surface area contributed by atoms with Gasteiger partial charge in [-0.15, -0.1) is 0 Å². The standard InChI is InChI=1S/C27H31NO2/c1-3-20-28(21-4-2)26(29)25(22-14-8-5-9-15-22)27(30,23-16-10-6-11-17-23)24-18-12-7-13-19-24/h5-19,25,30H,3-4,20-21H2,1-2H3/t25-/m1/s1. The Morgan fingerprint density at radius 2 is 1.17 bits per heavy atom. The van der Waals surface area contributed by atoms with Gasteiger partial charge >= 0.3 is 0 Å². The minimum absolute atomic E-state index is 0.0416. The Morgan fingerprint density at radius 1 is 0.767 bits per heavy atom. The molecule has 0 aromatic heterocycles. The topological polar surface area (TPSA) is 40.5 Å². The lowest BCUT2D eigenvalue weighted by atomic mass is 9.72. The van der Waals surface area contributed by atoms with E-state index in [4.69, 9.17) is 0 Å². The van der Waals surface area contributed by atoms with Gasteiger partial charge in [0.05, 0.1) is 0 Å². The normalized spacial score (nSPS) is 12.4. The highest BCUT2D eigenvalue weighted by Gasteiger charge is 2.46. The first-order chi connectivity index (χ1) is 14.6. The maximum atomic E-state index is 14.0. The van der Waals surface area contributed by atoms with Crippen LogP contribution in [0.5, 0.6) is 0 Å². The molecule has 3 rings (SSSR count). The van der Waals surface area contributed by atoms with Crippen LogP contribution in [0.15, 0.2) is 91.0 Å². The zero-order chi connectivity index (χ0) is 21.4. The number of carbonyl (C=O) groups excluding carboxylic acids is 1. The van der Waals surface area contributed by atoms with Gasteiger partial charge < -0.3 is 10.0 Å². The van der Waals surface area contributed by atoms with Crippen molar-refractivity contribution in [1.29, 1.82) is 0 Å². The summed E-state index contributed by atoms with van der Waals surface area (Å²) in [4.78, 5) is 15.9. The number of hydrogen-bond acceptors (Lipinski definition) is 2. The molecule has 0 unspecified atom stereocenters. The van der Waals surface area contributed by atoms with E-state index in [0.717, 1.165) is 18.4 Å². The van der Waals surface area contributed by atoms with Gasteiger partial charge in [0.1, 0.15) is 11.5 Å². The van der Waals surface area contributed by atoms with Crippen molar-refractivity contribution in [1.82, 2.24) is 4.90 Å². The van der Waals surface area contributed by atoms with Crippen molar-refractivity contribution < 1.29 is 9.90 Å².